The molecular formula is C10H16BrNO4. The number of carbonyl (C=O) groups excluding carboxylic acids is 1. The van der Waals surface area contributed by atoms with Crippen molar-refractivity contribution in [3.63, 3.8) is 0 Å². The van der Waals surface area contributed by atoms with Crippen molar-refractivity contribution in [2.45, 2.75) is 25.5 Å². The molecule has 0 aromatic heterocycles. The molecule has 1 fully saturated rings. The number of carboxylic acids is 1. The van der Waals surface area contributed by atoms with E-state index in [4.69, 9.17) is 9.84 Å². The van der Waals surface area contributed by atoms with E-state index in [1.807, 2.05) is 0 Å². The Kier molecular flexibility index (Phi) is 4.73. The number of carboxylic acid groups (broad SMARTS) is 1. The van der Waals surface area contributed by atoms with Gasteiger partial charge in [-0.2, -0.15) is 0 Å². The fourth-order valence-corrected chi connectivity index (χ4v) is 2.33. The number of methoxy groups -OCH3 is 1. The first-order chi connectivity index (χ1) is 7.51. The van der Waals surface area contributed by atoms with E-state index >= 15 is 0 Å². The van der Waals surface area contributed by atoms with Crippen molar-refractivity contribution in [2.75, 3.05) is 19.0 Å². The standard InChI is InChI=1S/C10H16BrNO4/c1-6(16-2)9(10(14)15)12-5-7(4-11)3-8(12)13/h6-7,9H,3-5H2,1-2H3,(H,14,15)/t6-,7?,9+/m1/s1. The van der Waals surface area contributed by atoms with Crippen molar-refractivity contribution < 1.29 is 19.4 Å². The molecule has 1 saturated heterocycles. The summed E-state index contributed by atoms with van der Waals surface area (Å²) in [6.07, 6.45) is -0.0959. The van der Waals surface area contributed by atoms with Crippen molar-refractivity contribution in [3.8, 4) is 0 Å². The molecular weight excluding hydrogens is 278 g/mol. The predicted octanol–water partition coefficient (Wildman–Crippen LogP) is 0.718. The minimum atomic E-state index is -1.02. The number of aliphatic carboxylic acids is 1. The zero-order chi connectivity index (χ0) is 12.3. The van der Waals surface area contributed by atoms with Gasteiger partial charge in [-0.3, -0.25) is 4.79 Å². The maximum absolute atomic E-state index is 11.7. The molecule has 1 aliphatic heterocycles. The largest absolute Gasteiger partial charge is 0.480 e. The number of halogens is 1. The number of nitrogens with zero attached hydrogens (tertiary/aromatic N) is 1. The molecule has 0 radical (unpaired) electrons. The van der Waals surface area contributed by atoms with Crippen LogP contribution in [0.1, 0.15) is 13.3 Å². The number of likely N-dealkylation sites (tertiary alicyclic amines) is 1. The minimum absolute atomic E-state index is 0.110. The molecule has 0 aromatic rings. The van der Waals surface area contributed by atoms with Gasteiger partial charge < -0.3 is 14.7 Å². The predicted molar refractivity (Wildman–Crippen MR) is 61.5 cm³/mol. The molecule has 0 aromatic carbocycles. The van der Waals surface area contributed by atoms with Crippen LogP contribution in [0, 0.1) is 5.92 Å². The molecule has 92 valence electrons. The molecule has 1 rings (SSSR count). The van der Waals surface area contributed by atoms with Gasteiger partial charge in [0.1, 0.15) is 0 Å². The van der Waals surface area contributed by atoms with Crippen LogP contribution >= 0.6 is 15.9 Å². The van der Waals surface area contributed by atoms with Gasteiger partial charge in [-0.1, -0.05) is 15.9 Å². The number of amides is 1. The number of hydrogen-bond donors (Lipinski definition) is 1. The Morgan fingerprint density at radius 3 is 2.75 bits per heavy atom. The third-order valence-electron chi connectivity index (χ3n) is 2.86. The van der Waals surface area contributed by atoms with Crippen LogP contribution in [0.15, 0.2) is 0 Å². The Hall–Kier alpha value is -0.620. The van der Waals surface area contributed by atoms with Crippen LogP contribution in [0.25, 0.3) is 0 Å². The highest BCUT2D eigenvalue weighted by molar-refractivity contribution is 9.09. The molecule has 1 aliphatic rings. The molecule has 0 spiro atoms. The molecule has 6 heteroatoms. The van der Waals surface area contributed by atoms with Gasteiger partial charge in [0.25, 0.3) is 0 Å². The van der Waals surface area contributed by atoms with E-state index in [2.05, 4.69) is 15.9 Å². The molecule has 0 saturated carbocycles. The van der Waals surface area contributed by atoms with E-state index in [1.165, 1.54) is 12.0 Å². The first-order valence-corrected chi connectivity index (χ1v) is 6.24. The molecule has 1 N–H and O–H groups in total. The SMILES string of the molecule is CO[C@H](C)[C@@H](C(=O)O)N1CC(CBr)CC1=O. The van der Waals surface area contributed by atoms with E-state index in [1.54, 1.807) is 6.92 Å². The smallest absolute Gasteiger partial charge is 0.329 e. The van der Waals surface area contributed by atoms with E-state index in [0.717, 1.165) is 0 Å². The molecule has 0 aliphatic carbocycles. The number of alkyl halides is 1. The Bertz CT molecular complexity index is 284. The fourth-order valence-electron chi connectivity index (χ4n) is 1.90. The first kappa shape index (κ1) is 13.4. The first-order valence-electron chi connectivity index (χ1n) is 5.12. The van der Waals surface area contributed by atoms with Crippen molar-refractivity contribution in [2.24, 2.45) is 5.92 Å². The summed E-state index contributed by atoms with van der Waals surface area (Å²) >= 11 is 3.31. The van der Waals surface area contributed by atoms with Crippen LogP contribution in [0.2, 0.25) is 0 Å². The second-order valence-corrected chi connectivity index (χ2v) is 4.64. The van der Waals surface area contributed by atoms with Gasteiger partial charge in [-0.05, 0) is 12.8 Å². The third-order valence-corrected chi connectivity index (χ3v) is 3.78. The molecule has 0 bridgehead atoms. The third kappa shape index (κ3) is 2.74. The van der Waals surface area contributed by atoms with Crippen LogP contribution in [0.4, 0.5) is 0 Å². The van der Waals surface area contributed by atoms with Crippen LogP contribution in [0.5, 0.6) is 0 Å². The minimum Gasteiger partial charge on any atom is -0.480 e. The topological polar surface area (TPSA) is 66.8 Å². The number of carbonyl (C=O) groups is 2. The highest BCUT2D eigenvalue weighted by atomic mass is 79.9. The summed E-state index contributed by atoms with van der Waals surface area (Å²) in [5, 5.41) is 9.84. The summed E-state index contributed by atoms with van der Waals surface area (Å²) in [7, 11) is 1.45. The average Bonchev–Trinajstić information content (AvgIpc) is 2.59. The molecule has 16 heavy (non-hydrogen) atoms. The van der Waals surface area contributed by atoms with Gasteiger partial charge in [0.15, 0.2) is 6.04 Å². The second kappa shape index (κ2) is 5.63. The lowest BCUT2D eigenvalue weighted by Gasteiger charge is -2.28. The van der Waals surface area contributed by atoms with Crippen molar-refractivity contribution in [1.29, 1.82) is 0 Å². The quantitative estimate of drug-likeness (QED) is 0.759. The van der Waals surface area contributed by atoms with E-state index in [-0.39, 0.29) is 11.8 Å². The molecule has 1 amide bonds. The van der Waals surface area contributed by atoms with E-state index in [9.17, 15) is 9.59 Å². The monoisotopic (exact) mass is 293 g/mol. The Balaban J connectivity index is 2.80. The Morgan fingerprint density at radius 2 is 2.38 bits per heavy atom. The molecule has 1 heterocycles. The van der Waals surface area contributed by atoms with Crippen LogP contribution in [0.3, 0.4) is 0 Å². The van der Waals surface area contributed by atoms with Crippen molar-refractivity contribution >= 4 is 27.8 Å². The average molecular weight is 294 g/mol. The van der Waals surface area contributed by atoms with Crippen molar-refractivity contribution in [3.05, 3.63) is 0 Å². The zero-order valence-corrected chi connectivity index (χ0v) is 10.9. The summed E-state index contributed by atoms with van der Waals surface area (Å²) < 4.78 is 5.02. The number of rotatable bonds is 5. The summed E-state index contributed by atoms with van der Waals surface area (Å²) in [6, 6.07) is -0.887. The summed E-state index contributed by atoms with van der Waals surface area (Å²) in [4.78, 5) is 24.2. The van der Waals surface area contributed by atoms with Gasteiger partial charge in [-0.15, -0.1) is 0 Å². The van der Waals surface area contributed by atoms with E-state index < -0.39 is 18.1 Å². The van der Waals surface area contributed by atoms with Crippen LogP contribution in [-0.2, 0) is 14.3 Å². The lowest BCUT2D eigenvalue weighted by atomic mass is 10.1. The fraction of sp³-hybridized carbons (Fsp3) is 0.800. The highest BCUT2D eigenvalue weighted by Crippen LogP contribution is 2.23. The Morgan fingerprint density at radius 1 is 1.75 bits per heavy atom. The van der Waals surface area contributed by atoms with Gasteiger partial charge >= 0.3 is 5.97 Å². The highest BCUT2D eigenvalue weighted by Gasteiger charge is 2.40. The molecule has 3 atom stereocenters. The van der Waals surface area contributed by atoms with Gasteiger partial charge in [0.2, 0.25) is 5.91 Å². The summed E-state index contributed by atoms with van der Waals surface area (Å²) in [5.74, 6) is -0.933. The van der Waals surface area contributed by atoms with Crippen LogP contribution < -0.4 is 0 Å². The Labute approximate surface area is 103 Å². The number of hydrogen-bond acceptors (Lipinski definition) is 3. The summed E-state index contributed by atoms with van der Waals surface area (Å²) in [5.41, 5.74) is 0. The molecule has 5 nitrogen and oxygen atoms in total. The summed E-state index contributed by atoms with van der Waals surface area (Å²) in [6.45, 7) is 2.14. The van der Waals surface area contributed by atoms with Gasteiger partial charge in [0.05, 0.1) is 6.10 Å². The van der Waals surface area contributed by atoms with Crippen LogP contribution in [-0.4, -0.2) is 53.0 Å². The van der Waals surface area contributed by atoms with Gasteiger partial charge in [-0.25, -0.2) is 4.79 Å². The normalized spacial score (nSPS) is 24.6. The zero-order valence-electron chi connectivity index (χ0n) is 9.35. The van der Waals surface area contributed by atoms with Gasteiger partial charge in [0, 0.05) is 25.4 Å². The maximum atomic E-state index is 11.7. The lowest BCUT2D eigenvalue weighted by molar-refractivity contribution is -0.153. The molecule has 1 unspecified atom stereocenters. The second-order valence-electron chi connectivity index (χ2n) is 3.99. The lowest BCUT2D eigenvalue weighted by Crippen LogP contribution is -2.49. The van der Waals surface area contributed by atoms with E-state index in [0.29, 0.717) is 18.3 Å². The number of ether oxygens (including phenoxy) is 1. The maximum Gasteiger partial charge on any atom is 0.329 e. The van der Waals surface area contributed by atoms with Crippen molar-refractivity contribution in [1.82, 2.24) is 4.90 Å².